The lowest BCUT2D eigenvalue weighted by atomic mass is 9.95. The first-order chi connectivity index (χ1) is 16.7. The molecule has 186 valence electrons. The average Bonchev–Trinajstić information content (AvgIpc) is 2.87. The van der Waals surface area contributed by atoms with Gasteiger partial charge in [0, 0.05) is 43.4 Å². The lowest BCUT2D eigenvalue weighted by Gasteiger charge is -2.34. The summed E-state index contributed by atoms with van der Waals surface area (Å²) in [5.74, 6) is 4.26. The van der Waals surface area contributed by atoms with E-state index in [9.17, 15) is 18.4 Å². The van der Waals surface area contributed by atoms with Gasteiger partial charge in [-0.15, -0.1) is 0 Å². The molecule has 1 aliphatic heterocycles. The van der Waals surface area contributed by atoms with Crippen LogP contribution in [0.4, 0.5) is 8.78 Å². The third kappa shape index (κ3) is 6.85. The summed E-state index contributed by atoms with van der Waals surface area (Å²) in [6, 6.07) is 12.6. The van der Waals surface area contributed by atoms with E-state index >= 15 is 0 Å². The van der Waals surface area contributed by atoms with E-state index in [1.165, 1.54) is 17.7 Å². The molecule has 2 aromatic rings. The molecule has 3 N–H and O–H groups in total. The first-order valence-electron chi connectivity index (χ1n) is 11.2. The third-order valence-electron chi connectivity index (χ3n) is 5.97. The highest BCUT2D eigenvalue weighted by molar-refractivity contribution is 5.97. The maximum Gasteiger partial charge on any atom is 0.269 e. The Morgan fingerprint density at radius 2 is 1.63 bits per heavy atom. The zero-order valence-corrected chi connectivity index (χ0v) is 19.7. The van der Waals surface area contributed by atoms with Crippen molar-refractivity contribution in [3.63, 3.8) is 0 Å². The van der Waals surface area contributed by atoms with Crippen molar-refractivity contribution in [2.24, 2.45) is 5.73 Å². The summed E-state index contributed by atoms with van der Waals surface area (Å²) in [7, 11) is 1.03. The number of amides is 2. The van der Waals surface area contributed by atoms with E-state index in [2.05, 4.69) is 34.2 Å². The van der Waals surface area contributed by atoms with E-state index in [-0.39, 0.29) is 5.56 Å². The van der Waals surface area contributed by atoms with Gasteiger partial charge in [-0.2, -0.15) is 0 Å². The number of rotatable bonds is 8. The summed E-state index contributed by atoms with van der Waals surface area (Å²) >= 11 is 0. The Kier molecular flexibility index (Phi) is 8.93. The number of halogens is 2. The SMILES string of the molecule is COC(C)(C(F)F)C(NC(=O)c1ccc(C#Cc2ccc(CN3CCOCC3)cc2)cc1)C(N)=O. The van der Waals surface area contributed by atoms with Crippen molar-refractivity contribution in [2.75, 3.05) is 33.4 Å². The molecule has 1 heterocycles. The lowest BCUT2D eigenvalue weighted by Crippen LogP contribution is -2.61. The molecule has 2 amide bonds. The Hall–Kier alpha value is -3.32. The number of methoxy groups -OCH3 is 1. The number of nitrogens with one attached hydrogen (secondary N) is 1. The van der Waals surface area contributed by atoms with Crippen LogP contribution < -0.4 is 11.1 Å². The number of benzene rings is 2. The van der Waals surface area contributed by atoms with Crippen molar-refractivity contribution in [3.05, 3.63) is 70.8 Å². The number of alkyl halides is 2. The highest BCUT2D eigenvalue weighted by Crippen LogP contribution is 2.24. The Morgan fingerprint density at radius 3 is 2.11 bits per heavy atom. The average molecular weight is 486 g/mol. The number of primary amides is 1. The second kappa shape index (κ2) is 11.9. The van der Waals surface area contributed by atoms with E-state index in [1.807, 2.05) is 12.1 Å². The monoisotopic (exact) mass is 485 g/mol. The highest BCUT2D eigenvalue weighted by Gasteiger charge is 2.47. The van der Waals surface area contributed by atoms with Gasteiger partial charge in [0.15, 0.2) is 5.60 Å². The molecule has 0 bridgehead atoms. The van der Waals surface area contributed by atoms with E-state index < -0.39 is 29.9 Å². The minimum absolute atomic E-state index is 0.169. The highest BCUT2D eigenvalue weighted by atomic mass is 19.3. The van der Waals surface area contributed by atoms with Gasteiger partial charge in [0.2, 0.25) is 5.91 Å². The molecule has 2 unspecified atom stereocenters. The minimum Gasteiger partial charge on any atom is -0.379 e. The fourth-order valence-corrected chi connectivity index (χ4v) is 3.60. The summed E-state index contributed by atoms with van der Waals surface area (Å²) < 4.78 is 37.1. The van der Waals surface area contributed by atoms with Crippen molar-refractivity contribution in [1.29, 1.82) is 0 Å². The Morgan fingerprint density at radius 1 is 1.09 bits per heavy atom. The Labute approximate surface area is 203 Å². The minimum atomic E-state index is -3.05. The van der Waals surface area contributed by atoms with Gasteiger partial charge in [0.1, 0.15) is 6.04 Å². The molecule has 0 spiro atoms. The summed E-state index contributed by atoms with van der Waals surface area (Å²) in [6.45, 7) is 5.27. The van der Waals surface area contributed by atoms with E-state index in [1.54, 1.807) is 12.1 Å². The van der Waals surface area contributed by atoms with Gasteiger partial charge in [-0.25, -0.2) is 8.78 Å². The molecule has 0 aromatic heterocycles. The molecule has 3 rings (SSSR count). The van der Waals surface area contributed by atoms with E-state index in [0.717, 1.165) is 52.4 Å². The van der Waals surface area contributed by atoms with Crippen LogP contribution in [-0.4, -0.2) is 68.2 Å². The molecule has 35 heavy (non-hydrogen) atoms. The summed E-state index contributed by atoms with van der Waals surface area (Å²) in [5, 5.41) is 2.25. The van der Waals surface area contributed by atoms with Crippen LogP contribution in [0, 0.1) is 11.8 Å². The number of nitrogens with two attached hydrogens (primary N) is 1. The Balaban J connectivity index is 1.63. The van der Waals surface area contributed by atoms with Crippen molar-refractivity contribution in [3.8, 4) is 11.8 Å². The van der Waals surface area contributed by atoms with Crippen LogP contribution in [0.15, 0.2) is 48.5 Å². The lowest BCUT2D eigenvalue weighted by molar-refractivity contribution is -0.148. The van der Waals surface area contributed by atoms with Crippen molar-refractivity contribution < 1.29 is 27.8 Å². The van der Waals surface area contributed by atoms with Crippen molar-refractivity contribution in [1.82, 2.24) is 10.2 Å². The first kappa shape index (κ1) is 26.3. The molecule has 1 saturated heterocycles. The van der Waals surface area contributed by atoms with Gasteiger partial charge >= 0.3 is 0 Å². The van der Waals surface area contributed by atoms with Crippen LogP contribution in [0.2, 0.25) is 0 Å². The van der Waals surface area contributed by atoms with Crippen LogP contribution in [0.25, 0.3) is 0 Å². The number of carbonyl (C=O) groups is 2. The quantitative estimate of drug-likeness (QED) is 0.559. The van der Waals surface area contributed by atoms with Crippen molar-refractivity contribution in [2.45, 2.75) is 31.5 Å². The van der Waals surface area contributed by atoms with Crippen LogP contribution in [-0.2, 0) is 20.8 Å². The predicted octanol–water partition coefficient (Wildman–Crippen LogP) is 2.17. The molecule has 7 nitrogen and oxygen atoms in total. The van der Waals surface area contributed by atoms with Gasteiger partial charge in [-0.05, 0) is 48.9 Å². The molecule has 2 aromatic carbocycles. The predicted molar refractivity (Wildman–Crippen MR) is 127 cm³/mol. The molecule has 9 heteroatoms. The second-order valence-electron chi connectivity index (χ2n) is 8.41. The maximum atomic E-state index is 13.4. The maximum absolute atomic E-state index is 13.4. The number of morpholine rings is 1. The number of ether oxygens (including phenoxy) is 2. The number of nitrogens with zero attached hydrogens (tertiary/aromatic N) is 1. The van der Waals surface area contributed by atoms with Crippen molar-refractivity contribution >= 4 is 11.8 Å². The van der Waals surface area contributed by atoms with Gasteiger partial charge < -0.3 is 20.5 Å². The van der Waals surface area contributed by atoms with Gasteiger partial charge in [0.25, 0.3) is 12.3 Å². The van der Waals surface area contributed by atoms with Gasteiger partial charge in [-0.3, -0.25) is 14.5 Å². The second-order valence-corrected chi connectivity index (χ2v) is 8.41. The van der Waals surface area contributed by atoms with E-state index in [0.29, 0.717) is 5.56 Å². The Bertz CT molecular complexity index is 1070. The topological polar surface area (TPSA) is 93.9 Å². The summed E-state index contributed by atoms with van der Waals surface area (Å²) in [6.07, 6.45) is -3.05. The fraction of sp³-hybridized carbons (Fsp3) is 0.385. The molecule has 0 radical (unpaired) electrons. The van der Waals surface area contributed by atoms with Gasteiger partial charge in [0.05, 0.1) is 13.2 Å². The first-order valence-corrected chi connectivity index (χ1v) is 11.2. The van der Waals surface area contributed by atoms with Crippen LogP contribution >= 0.6 is 0 Å². The third-order valence-corrected chi connectivity index (χ3v) is 5.97. The smallest absolute Gasteiger partial charge is 0.269 e. The molecular weight excluding hydrogens is 456 g/mol. The summed E-state index contributed by atoms with van der Waals surface area (Å²) in [4.78, 5) is 26.6. The zero-order chi connectivity index (χ0) is 25.4. The largest absolute Gasteiger partial charge is 0.379 e. The fourth-order valence-electron chi connectivity index (χ4n) is 3.60. The van der Waals surface area contributed by atoms with Gasteiger partial charge in [-0.1, -0.05) is 24.0 Å². The number of carbonyl (C=O) groups excluding carboxylic acids is 2. The van der Waals surface area contributed by atoms with E-state index in [4.69, 9.17) is 15.2 Å². The molecule has 0 saturated carbocycles. The molecule has 1 aliphatic rings. The molecule has 1 fully saturated rings. The zero-order valence-electron chi connectivity index (χ0n) is 19.7. The number of hydrogen-bond acceptors (Lipinski definition) is 5. The molecule has 0 aliphatic carbocycles. The molecular formula is C26H29F2N3O4. The standard InChI is InChI=1S/C26H29F2N3O4/c1-26(34-2,25(27)28)22(23(29)32)30-24(33)21-11-9-19(10-12-21)4-3-18-5-7-20(8-6-18)17-31-13-15-35-16-14-31/h5-12,22,25H,13-17H2,1-2H3,(H2,29,32)(H,30,33). The summed E-state index contributed by atoms with van der Waals surface area (Å²) in [5.41, 5.74) is 5.88. The number of hydrogen-bond donors (Lipinski definition) is 2. The normalized spacial score (nSPS) is 16.6. The molecule has 2 atom stereocenters. The van der Waals surface area contributed by atoms with Crippen LogP contribution in [0.5, 0.6) is 0 Å². The van der Waals surface area contributed by atoms with Crippen LogP contribution in [0.3, 0.4) is 0 Å². The van der Waals surface area contributed by atoms with Crippen LogP contribution in [0.1, 0.15) is 34.0 Å².